The van der Waals surface area contributed by atoms with Crippen LogP contribution in [0.1, 0.15) is 36.5 Å². The molecule has 0 aliphatic carbocycles. The molecule has 6 nitrogen and oxygen atoms in total. The average molecular weight is 333 g/mol. The van der Waals surface area contributed by atoms with Crippen molar-refractivity contribution < 1.29 is 24.2 Å². The Hall–Kier alpha value is -2.34. The molecule has 0 aromatic heterocycles. The SMILES string of the molecule is C/C=C/CC(NC(=O)c1ccc(OCC2CCCO2)cc1)C(=O)O. The van der Waals surface area contributed by atoms with E-state index in [0.29, 0.717) is 17.9 Å². The number of nitrogens with one attached hydrogen (secondary N) is 1. The van der Waals surface area contributed by atoms with E-state index >= 15 is 0 Å². The van der Waals surface area contributed by atoms with E-state index in [0.717, 1.165) is 19.4 Å². The Balaban J connectivity index is 1.88. The number of carboxylic acid groups (broad SMARTS) is 1. The Kier molecular flexibility index (Phi) is 6.81. The molecule has 130 valence electrons. The highest BCUT2D eigenvalue weighted by Gasteiger charge is 2.19. The summed E-state index contributed by atoms with van der Waals surface area (Å²) in [4.78, 5) is 23.3. The van der Waals surface area contributed by atoms with Crippen molar-refractivity contribution in [2.45, 2.75) is 38.3 Å². The molecule has 1 fully saturated rings. The van der Waals surface area contributed by atoms with Crippen LogP contribution in [0.3, 0.4) is 0 Å². The van der Waals surface area contributed by atoms with Gasteiger partial charge in [-0.25, -0.2) is 4.79 Å². The molecule has 24 heavy (non-hydrogen) atoms. The number of hydrogen-bond acceptors (Lipinski definition) is 4. The molecule has 1 aromatic rings. The van der Waals surface area contributed by atoms with Gasteiger partial charge in [0.05, 0.1) is 6.10 Å². The van der Waals surface area contributed by atoms with Crippen molar-refractivity contribution in [1.29, 1.82) is 0 Å². The first-order valence-corrected chi connectivity index (χ1v) is 8.09. The van der Waals surface area contributed by atoms with Gasteiger partial charge in [0.25, 0.3) is 5.91 Å². The number of amides is 1. The zero-order valence-corrected chi connectivity index (χ0v) is 13.7. The first kappa shape index (κ1) is 18.0. The molecule has 2 unspecified atom stereocenters. The Morgan fingerprint density at radius 1 is 1.42 bits per heavy atom. The van der Waals surface area contributed by atoms with Gasteiger partial charge in [-0.05, 0) is 50.5 Å². The zero-order chi connectivity index (χ0) is 17.4. The Labute approximate surface area is 141 Å². The summed E-state index contributed by atoms with van der Waals surface area (Å²) in [5.74, 6) is -0.818. The number of benzene rings is 1. The van der Waals surface area contributed by atoms with Gasteiger partial charge in [-0.1, -0.05) is 12.2 Å². The van der Waals surface area contributed by atoms with Gasteiger partial charge in [0.1, 0.15) is 18.4 Å². The quantitative estimate of drug-likeness (QED) is 0.714. The minimum atomic E-state index is -1.06. The van der Waals surface area contributed by atoms with Gasteiger partial charge < -0.3 is 19.9 Å². The van der Waals surface area contributed by atoms with Crippen molar-refractivity contribution in [2.24, 2.45) is 0 Å². The maximum atomic E-state index is 12.1. The normalized spacial score (nSPS) is 18.5. The molecule has 1 aliphatic heterocycles. The molecule has 2 N–H and O–H groups in total. The Bertz CT molecular complexity index is 576. The van der Waals surface area contributed by atoms with E-state index in [9.17, 15) is 9.59 Å². The van der Waals surface area contributed by atoms with E-state index in [1.165, 1.54) is 0 Å². The summed E-state index contributed by atoms with van der Waals surface area (Å²) in [6, 6.07) is 5.70. The molecule has 1 amide bonds. The number of carboxylic acids is 1. The topological polar surface area (TPSA) is 84.9 Å². The number of carbonyl (C=O) groups is 2. The smallest absolute Gasteiger partial charge is 0.326 e. The standard InChI is InChI=1S/C18H23NO5/c1-2-3-6-16(18(21)22)19-17(20)13-7-9-14(10-8-13)24-12-15-5-4-11-23-15/h2-3,7-10,15-16H,4-6,11-12H2,1H3,(H,19,20)(H,21,22)/b3-2+. The third-order valence-corrected chi connectivity index (χ3v) is 3.79. The van der Waals surface area contributed by atoms with Crippen molar-refractivity contribution >= 4 is 11.9 Å². The Morgan fingerprint density at radius 3 is 2.75 bits per heavy atom. The number of rotatable bonds is 8. The third-order valence-electron chi connectivity index (χ3n) is 3.79. The molecule has 2 rings (SSSR count). The summed E-state index contributed by atoms with van der Waals surface area (Å²) in [5, 5.41) is 11.6. The minimum absolute atomic E-state index is 0.135. The molecular formula is C18H23NO5. The van der Waals surface area contributed by atoms with E-state index in [-0.39, 0.29) is 12.5 Å². The predicted octanol–water partition coefficient (Wildman–Crippen LogP) is 2.39. The largest absolute Gasteiger partial charge is 0.491 e. The summed E-state index contributed by atoms with van der Waals surface area (Å²) in [7, 11) is 0. The molecule has 1 saturated heterocycles. The number of allylic oxidation sites excluding steroid dienone is 1. The summed E-state index contributed by atoms with van der Waals surface area (Å²) >= 11 is 0. The highest BCUT2D eigenvalue weighted by Crippen LogP contribution is 2.16. The predicted molar refractivity (Wildman–Crippen MR) is 89.2 cm³/mol. The van der Waals surface area contributed by atoms with Gasteiger partial charge >= 0.3 is 5.97 Å². The number of hydrogen-bond donors (Lipinski definition) is 2. The fourth-order valence-corrected chi connectivity index (χ4v) is 2.40. The Morgan fingerprint density at radius 2 is 2.17 bits per heavy atom. The van der Waals surface area contributed by atoms with E-state index < -0.39 is 17.9 Å². The number of aliphatic carboxylic acids is 1. The van der Waals surface area contributed by atoms with E-state index in [4.69, 9.17) is 14.6 Å². The van der Waals surface area contributed by atoms with Gasteiger partial charge in [-0.15, -0.1) is 0 Å². The fourth-order valence-electron chi connectivity index (χ4n) is 2.40. The molecular weight excluding hydrogens is 310 g/mol. The van der Waals surface area contributed by atoms with Gasteiger partial charge in [0.15, 0.2) is 0 Å². The van der Waals surface area contributed by atoms with Gasteiger partial charge in [-0.3, -0.25) is 4.79 Å². The number of ether oxygens (including phenoxy) is 2. The second kappa shape index (κ2) is 9.08. The van der Waals surface area contributed by atoms with Gasteiger partial charge in [0, 0.05) is 12.2 Å². The van der Waals surface area contributed by atoms with Crippen molar-refractivity contribution in [2.75, 3.05) is 13.2 Å². The average Bonchev–Trinajstić information content (AvgIpc) is 3.10. The monoisotopic (exact) mass is 333 g/mol. The molecule has 1 heterocycles. The maximum Gasteiger partial charge on any atom is 0.326 e. The zero-order valence-electron chi connectivity index (χ0n) is 13.7. The minimum Gasteiger partial charge on any atom is -0.491 e. The van der Waals surface area contributed by atoms with Gasteiger partial charge in [-0.2, -0.15) is 0 Å². The number of carbonyl (C=O) groups excluding carboxylic acids is 1. The van der Waals surface area contributed by atoms with Crippen LogP contribution in [0.15, 0.2) is 36.4 Å². The van der Waals surface area contributed by atoms with Crippen molar-refractivity contribution in [1.82, 2.24) is 5.32 Å². The van der Waals surface area contributed by atoms with Crippen molar-refractivity contribution in [3.8, 4) is 5.75 Å². The first-order chi connectivity index (χ1) is 11.6. The highest BCUT2D eigenvalue weighted by atomic mass is 16.5. The van der Waals surface area contributed by atoms with Crippen LogP contribution in [0, 0.1) is 0 Å². The van der Waals surface area contributed by atoms with Crippen LogP contribution in [-0.4, -0.2) is 42.3 Å². The van der Waals surface area contributed by atoms with Crippen LogP contribution >= 0.6 is 0 Å². The van der Waals surface area contributed by atoms with E-state index in [2.05, 4.69) is 5.32 Å². The lowest BCUT2D eigenvalue weighted by Crippen LogP contribution is -2.40. The molecule has 0 spiro atoms. The van der Waals surface area contributed by atoms with Crippen LogP contribution in [-0.2, 0) is 9.53 Å². The lowest BCUT2D eigenvalue weighted by molar-refractivity contribution is -0.139. The second-order valence-electron chi connectivity index (χ2n) is 5.64. The van der Waals surface area contributed by atoms with Gasteiger partial charge in [0.2, 0.25) is 0 Å². The molecule has 2 atom stereocenters. The fraction of sp³-hybridized carbons (Fsp3) is 0.444. The summed E-state index contributed by atoms with van der Waals surface area (Å²) in [5.41, 5.74) is 0.395. The highest BCUT2D eigenvalue weighted by molar-refractivity contribution is 5.96. The van der Waals surface area contributed by atoms with Crippen molar-refractivity contribution in [3.63, 3.8) is 0 Å². The third kappa shape index (κ3) is 5.38. The molecule has 6 heteroatoms. The molecule has 0 bridgehead atoms. The van der Waals surface area contributed by atoms with Crippen LogP contribution in [0.25, 0.3) is 0 Å². The summed E-state index contributed by atoms with van der Waals surface area (Å²) in [6.07, 6.45) is 5.91. The lowest BCUT2D eigenvalue weighted by Gasteiger charge is -2.14. The molecule has 0 saturated carbocycles. The summed E-state index contributed by atoms with van der Waals surface area (Å²) in [6.45, 7) is 3.08. The van der Waals surface area contributed by atoms with Crippen molar-refractivity contribution in [3.05, 3.63) is 42.0 Å². The first-order valence-electron chi connectivity index (χ1n) is 8.09. The summed E-state index contributed by atoms with van der Waals surface area (Å²) < 4.78 is 11.1. The van der Waals surface area contributed by atoms with E-state index in [1.54, 1.807) is 43.3 Å². The second-order valence-corrected chi connectivity index (χ2v) is 5.64. The van der Waals surface area contributed by atoms with Crippen LogP contribution < -0.4 is 10.1 Å². The van der Waals surface area contributed by atoms with Crippen LogP contribution in [0.4, 0.5) is 0 Å². The van der Waals surface area contributed by atoms with Crippen LogP contribution in [0.5, 0.6) is 5.75 Å². The van der Waals surface area contributed by atoms with E-state index in [1.807, 2.05) is 0 Å². The molecule has 0 radical (unpaired) electrons. The maximum absolute atomic E-state index is 12.1. The van der Waals surface area contributed by atoms with Crippen LogP contribution in [0.2, 0.25) is 0 Å². The lowest BCUT2D eigenvalue weighted by atomic mass is 10.1. The molecule has 1 aliphatic rings. The molecule has 1 aromatic carbocycles.